The monoisotopic (exact) mass is 364 g/mol. The van der Waals surface area contributed by atoms with Crippen LogP contribution in [0.2, 0.25) is 0 Å². The number of nitrogens with two attached hydrogens (primary N) is 1. The van der Waals surface area contributed by atoms with Crippen molar-refractivity contribution < 1.29 is 9.18 Å². The van der Waals surface area contributed by atoms with Gasteiger partial charge >= 0.3 is 0 Å². The van der Waals surface area contributed by atoms with Crippen LogP contribution in [-0.4, -0.2) is 10.5 Å². The molecule has 3 nitrogen and oxygen atoms in total. The van der Waals surface area contributed by atoms with Gasteiger partial charge in [0.1, 0.15) is 5.82 Å². The maximum Gasteiger partial charge on any atom is 0.251 e. The summed E-state index contributed by atoms with van der Waals surface area (Å²) in [5, 5.41) is 0. The Morgan fingerprint density at radius 3 is 2.48 bits per heavy atom. The lowest BCUT2D eigenvalue weighted by molar-refractivity contribution is 0.1000. The van der Waals surface area contributed by atoms with Gasteiger partial charge < -0.3 is 10.3 Å². The van der Waals surface area contributed by atoms with Crippen LogP contribution >= 0.6 is 0 Å². The molecule has 3 rings (SSSR count). The number of rotatable bonds is 6. The van der Waals surface area contributed by atoms with Crippen LogP contribution in [0.15, 0.2) is 48.5 Å². The van der Waals surface area contributed by atoms with Crippen molar-refractivity contribution in [1.29, 1.82) is 0 Å². The first kappa shape index (κ1) is 18.9. The van der Waals surface area contributed by atoms with E-state index in [0.29, 0.717) is 17.7 Å². The van der Waals surface area contributed by atoms with E-state index in [1.165, 1.54) is 17.7 Å². The zero-order valence-corrected chi connectivity index (χ0v) is 16.1. The second kappa shape index (κ2) is 7.78. The van der Waals surface area contributed by atoms with Crippen molar-refractivity contribution in [3.05, 3.63) is 82.4 Å². The molecule has 0 unspecified atom stereocenters. The highest BCUT2D eigenvalue weighted by atomic mass is 19.1. The van der Waals surface area contributed by atoms with Crippen molar-refractivity contribution in [2.24, 2.45) is 5.73 Å². The molecule has 1 amide bonds. The van der Waals surface area contributed by atoms with Gasteiger partial charge in [-0.2, -0.15) is 0 Å². The molecule has 3 aromatic rings. The average molecular weight is 364 g/mol. The molecule has 1 heterocycles. The van der Waals surface area contributed by atoms with E-state index in [2.05, 4.69) is 36.6 Å². The van der Waals surface area contributed by atoms with Gasteiger partial charge in [-0.25, -0.2) is 4.39 Å². The van der Waals surface area contributed by atoms with E-state index in [0.717, 1.165) is 35.4 Å². The Bertz CT molecular complexity index is 988. The zero-order valence-electron chi connectivity index (χ0n) is 16.1. The Kier molecular flexibility index (Phi) is 5.45. The molecule has 2 N–H and O–H groups in total. The topological polar surface area (TPSA) is 48.0 Å². The lowest BCUT2D eigenvalue weighted by Gasteiger charge is -2.13. The Morgan fingerprint density at radius 2 is 1.85 bits per heavy atom. The molecule has 27 heavy (non-hydrogen) atoms. The highest BCUT2D eigenvalue weighted by Crippen LogP contribution is 2.34. The number of halogens is 1. The average Bonchev–Trinajstić information content (AvgIpc) is 2.88. The summed E-state index contributed by atoms with van der Waals surface area (Å²) in [6.07, 6.45) is 1.70. The highest BCUT2D eigenvalue weighted by molar-refractivity contribution is 6.02. The first-order valence-electron chi connectivity index (χ1n) is 9.25. The fourth-order valence-electron chi connectivity index (χ4n) is 3.76. The summed E-state index contributed by atoms with van der Waals surface area (Å²) in [6.45, 7) is 6.72. The molecule has 0 fully saturated rings. The Morgan fingerprint density at radius 1 is 1.11 bits per heavy atom. The molecule has 2 aromatic carbocycles. The van der Waals surface area contributed by atoms with Crippen LogP contribution in [0.1, 0.15) is 46.2 Å². The number of benzene rings is 2. The first-order chi connectivity index (χ1) is 12.9. The third kappa shape index (κ3) is 3.80. The predicted octanol–water partition coefficient (Wildman–Crippen LogP) is 5.01. The number of carbonyl (C=O) groups excluding carboxylic acids is 1. The van der Waals surface area contributed by atoms with Gasteiger partial charge in [0, 0.05) is 23.5 Å². The van der Waals surface area contributed by atoms with Gasteiger partial charge in [-0.05, 0) is 43.5 Å². The van der Waals surface area contributed by atoms with Gasteiger partial charge in [0.15, 0.2) is 0 Å². The van der Waals surface area contributed by atoms with Crippen LogP contribution < -0.4 is 5.73 Å². The lowest BCUT2D eigenvalue weighted by atomic mass is 9.98. The maximum atomic E-state index is 13.9. The second-order valence-corrected chi connectivity index (χ2v) is 6.98. The SMILES string of the molecule is CCCc1c(-c2cccc(F)c2)c(C(N)=O)c(C)n1Cc1cccc(C)c1. The number of hydrogen-bond acceptors (Lipinski definition) is 1. The summed E-state index contributed by atoms with van der Waals surface area (Å²) in [7, 11) is 0. The van der Waals surface area contributed by atoms with E-state index in [1.807, 2.05) is 19.1 Å². The molecule has 0 saturated carbocycles. The van der Waals surface area contributed by atoms with Crippen LogP contribution in [0.25, 0.3) is 11.1 Å². The number of primary amides is 1. The minimum Gasteiger partial charge on any atom is -0.366 e. The predicted molar refractivity (Wildman–Crippen MR) is 107 cm³/mol. The summed E-state index contributed by atoms with van der Waals surface area (Å²) in [5.41, 5.74) is 11.9. The van der Waals surface area contributed by atoms with E-state index in [9.17, 15) is 9.18 Å². The van der Waals surface area contributed by atoms with E-state index in [1.54, 1.807) is 6.07 Å². The Balaban J connectivity index is 2.24. The van der Waals surface area contributed by atoms with Gasteiger partial charge in [-0.1, -0.05) is 55.3 Å². The van der Waals surface area contributed by atoms with Gasteiger partial charge in [-0.3, -0.25) is 4.79 Å². The molecular weight excluding hydrogens is 339 g/mol. The summed E-state index contributed by atoms with van der Waals surface area (Å²) in [5.74, 6) is -0.804. The first-order valence-corrected chi connectivity index (χ1v) is 9.25. The van der Waals surface area contributed by atoms with Crippen molar-refractivity contribution in [3.63, 3.8) is 0 Å². The highest BCUT2D eigenvalue weighted by Gasteiger charge is 2.24. The fourth-order valence-corrected chi connectivity index (χ4v) is 3.76. The summed E-state index contributed by atoms with van der Waals surface area (Å²) >= 11 is 0. The minimum atomic E-state index is -0.480. The second-order valence-electron chi connectivity index (χ2n) is 6.98. The Labute approximate surface area is 159 Å². The molecule has 1 aromatic heterocycles. The van der Waals surface area contributed by atoms with Crippen molar-refractivity contribution in [2.75, 3.05) is 0 Å². The number of aromatic nitrogens is 1. The summed E-state index contributed by atoms with van der Waals surface area (Å²) < 4.78 is 16.0. The van der Waals surface area contributed by atoms with Crippen molar-refractivity contribution in [3.8, 4) is 11.1 Å². The molecule has 0 saturated heterocycles. The lowest BCUT2D eigenvalue weighted by Crippen LogP contribution is -2.13. The normalized spacial score (nSPS) is 11.0. The number of aryl methyl sites for hydroxylation is 1. The molecule has 0 aliphatic heterocycles. The standard InChI is InChI=1S/C23H25FN2O/c1-4-7-20-22(18-10-6-11-19(24)13-18)21(23(25)27)16(3)26(20)14-17-9-5-8-15(2)12-17/h5-6,8-13H,4,7,14H2,1-3H3,(H2,25,27). The number of nitrogens with zero attached hydrogens (tertiary/aromatic N) is 1. The number of carbonyl (C=O) groups is 1. The Hall–Kier alpha value is -2.88. The molecule has 140 valence electrons. The van der Waals surface area contributed by atoms with Crippen LogP contribution in [0, 0.1) is 19.7 Å². The van der Waals surface area contributed by atoms with Gasteiger partial charge in [-0.15, -0.1) is 0 Å². The molecule has 0 aliphatic carbocycles. The molecule has 0 aliphatic rings. The summed E-state index contributed by atoms with van der Waals surface area (Å²) in [6, 6.07) is 14.7. The van der Waals surface area contributed by atoms with Gasteiger partial charge in [0.2, 0.25) is 0 Å². The number of amides is 1. The third-order valence-corrected chi connectivity index (χ3v) is 4.90. The van der Waals surface area contributed by atoms with E-state index in [4.69, 9.17) is 5.73 Å². The van der Waals surface area contributed by atoms with Crippen molar-refractivity contribution >= 4 is 5.91 Å². The van der Waals surface area contributed by atoms with Crippen LogP contribution in [0.3, 0.4) is 0 Å². The number of hydrogen-bond donors (Lipinski definition) is 1. The summed E-state index contributed by atoms with van der Waals surface area (Å²) in [4.78, 5) is 12.3. The molecular formula is C23H25FN2O. The van der Waals surface area contributed by atoms with Crippen molar-refractivity contribution in [2.45, 2.75) is 40.2 Å². The van der Waals surface area contributed by atoms with Crippen molar-refractivity contribution in [1.82, 2.24) is 4.57 Å². The van der Waals surface area contributed by atoms with E-state index < -0.39 is 5.91 Å². The quantitative estimate of drug-likeness (QED) is 0.656. The molecule has 0 bridgehead atoms. The van der Waals surface area contributed by atoms with Gasteiger partial charge in [0.05, 0.1) is 5.56 Å². The third-order valence-electron chi connectivity index (χ3n) is 4.90. The zero-order chi connectivity index (χ0) is 19.6. The minimum absolute atomic E-state index is 0.325. The van der Waals surface area contributed by atoms with E-state index in [-0.39, 0.29) is 5.82 Å². The fraction of sp³-hybridized carbons (Fsp3) is 0.261. The van der Waals surface area contributed by atoms with Crippen LogP contribution in [-0.2, 0) is 13.0 Å². The molecule has 4 heteroatoms. The largest absolute Gasteiger partial charge is 0.366 e. The molecule has 0 spiro atoms. The maximum absolute atomic E-state index is 13.9. The smallest absolute Gasteiger partial charge is 0.251 e. The molecule has 0 atom stereocenters. The van der Waals surface area contributed by atoms with E-state index >= 15 is 0 Å². The van der Waals surface area contributed by atoms with Gasteiger partial charge in [0.25, 0.3) is 5.91 Å². The molecule has 0 radical (unpaired) electrons. The van der Waals surface area contributed by atoms with Crippen LogP contribution in [0.5, 0.6) is 0 Å². The van der Waals surface area contributed by atoms with Crippen LogP contribution in [0.4, 0.5) is 4.39 Å².